The largest absolute Gasteiger partial charge is 0.467 e. The summed E-state index contributed by atoms with van der Waals surface area (Å²) in [4.78, 5) is 0. The average molecular weight is 857 g/mol. The number of hydrogen-bond acceptors (Lipinski definition) is 4. The van der Waals surface area contributed by atoms with Crippen LogP contribution in [0.4, 0.5) is 0 Å². The summed E-state index contributed by atoms with van der Waals surface area (Å²) in [5.74, 6) is 6.63. The number of rotatable bonds is 17. The summed E-state index contributed by atoms with van der Waals surface area (Å²) in [6, 6.07) is 32.9. The van der Waals surface area contributed by atoms with Crippen molar-refractivity contribution >= 4 is 26.5 Å². The maximum Gasteiger partial charge on any atom is 0.188 e. The topological polar surface area (TPSA) is 36.9 Å². The highest BCUT2D eigenvalue weighted by atomic mass is 31.1. The Labute approximate surface area is 369 Å². The van der Waals surface area contributed by atoms with Crippen LogP contribution in [-0.2, 0) is 32.6 Å². The highest BCUT2D eigenvalue weighted by Gasteiger charge is 2.57. The van der Waals surface area contributed by atoms with Crippen LogP contribution in [0.15, 0.2) is 84.9 Å². The Kier molecular flexibility index (Phi) is 12.0. The summed E-state index contributed by atoms with van der Waals surface area (Å²) < 4.78 is 25.0. The van der Waals surface area contributed by atoms with Gasteiger partial charge in [-0.2, -0.15) is 0 Å². The molecule has 6 heteroatoms. The second kappa shape index (κ2) is 17.3. The molecule has 0 aromatic heterocycles. The van der Waals surface area contributed by atoms with E-state index in [9.17, 15) is 0 Å². The second-order valence-corrected chi connectivity index (χ2v) is 26.2. The van der Waals surface area contributed by atoms with E-state index in [-0.39, 0.29) is 10.8 Å². The standard InChI is InChI=1S/C55H70O4P2/c1-38-18-45(51(58-36-56-4)49(20-38)54-28-40-22-41(29-54)24-42(23-40)30-54)33-60(47-12-8-6-9-13-47)16-17-61(48-14-10-7-11-15-48)34-46-19-39(2)21-50(52(46)59-37-57-5)55-31-43-25-44(32-55)27-53(3,26-43)35-55/h6-15,18-21,40-44H,16-17,22-37H2,1-5H3/t40?,41?,42?,43?,44?,53?,54?,55?,60-,61+/m0/s1. The predicted octanol–water partition coefficient (Wildman–Crippen LogP) is 12.9. The van der Waals surface area contributed by atoms with Gasteiger partial charge in [0, 0.05) is 43.1 Å². The van der Waals surface area contributed by atoms with Crippen LogP contribution in [0.3, 0.4) is 0 Å². The molecular formula is C55H70O4P2. The molecule has 4 aromatic carbocycles. The molecule has 4 atom stereocenters. The molecule has 0 radical (unpaired) electrons. The Hall–Kier alpha value is -2.74. The Morgan fingerprint density at radius 3 is 1.36 bits per heavy atom. The van der Waals surface area contributed by atoms with E-state index < -0.39 is 15.8 Å². The van der Waals surface area contributed by atoms with E-state index >= 15 is 0 Å². The van der Waals surface area contributed by atoms with Gasteiger partial charge < -0.3 is 18.9 Å². The van der Waals surface area contributed by atoms with Gasteiger partial charge in [-0.15, -0.1) is 0 Å². The van der Waals surface area contributed by atoms with E-state index in [2.05, 4.69) is 106 Å². The minimum Gasteiger partial charge on any atom is -0.467 e. The molecule has 2 unspecified atom stereocenters. The summed E-state index contributed by atoms with van der Waals surface area (Å²) in [5.41, 5.74) is 9.46. The predicted molar refractivity (Wildman–Crippen MR) is 255 cm³/mol. The fraction of sp³-hybridized carbons (Fsp3) is 0.564. The molecule has 0 amide bonds. The first kappa shape index (κ1) is 42.2. The molecule has 4 aromatic rings. The molecule has 12 rings (SSSR count). The van der Waals surface area contributed by atoms with Crippen LogP contribution in [0.5, 0.6) is 11.5 Å². The van der Waals surface area contributed by atoms with Gasteiger partial charge in [-0.1, -0.05) is 119 Å². The maximum absolute atomic E-state index is 6.83. The summed E-state index contributed by atoms with van der Waals surface area (Å²) in [5, 5.41) is 2.99. The van der Waals surface area contributed by atoms with Gasteiger partial charge >= 0.3 is 0 Å². The van der Waals surface area contributed by atoms with Crippen molar-refractivity contribution in [1.29, 1.82) is 0 Å². The lowest BCUT2D eigenvalue weighted by atomic mass is 9.43. The Bertz CT molecular complexity index is 2120. The number of aryl methyl sites for hydroxylation is 2. The van der Waals surface area contributed by atoms with Gasteiger partial charge in [0.05, 0.1) is 0 Å². The zero-order valence-electron chi connectivity index (χ0n) is 37.7. The maximum atomic E-state index is 6.83. The third-order valence-electron chi connectivity index (χ3n) is 16.4. The van der Waals surface area contributed by atoms with Crippen LogP contribution < -0.4 is 20.1 Å². The van der Waals surface area contributed by atoms with Crippen molar-refractivity contribution in [1.82, 2.24) is 0 Å². The minimum atomic E-state index is -0.533. The number of methoxy groups -OCH3 is 2. The molecule has 8 aliphatic carbocycles. The van der Waals surface area contributed by atoms with Crippen LogP contribution in [0.2, 0.25) is 0 Å². The van der Waals surface area contributed by atoms with Crippen molar-refractivity contribution in [2.24, 2.45) is 35.0 Å². The monoisotopic (exact) mass is 856 g/mol. The first-order valence-electron chi connectivity index (χ1n) is 23.7. The molecule has 8 bridgehead atoms. The molecule has 8 saturated carbocycles. The first-order valence-corrected chi connectivity index (χ1v) is 27.2. The molecule has 4 nitrogen and oxygen atoms in total. The van der Waals surface area contributed by atoms with Crippen molar-refractivity contribution in [2.75, 3.05) is 40.1 Å². The highest BCUT2D eigenvalue weighted by Crippen LogP contribution is 2.67. The van der Waals surface area contributed by atoms with Gasteiger partial charge in [0.2, 0.25) is 0 Å². The number of ether oxygens (including phenoxy) is 4. The van der Waals surface area contributed by atoms with Crippen LogP contribution in [0, 0.1) is 48.9 Å². The van der Waals surface area contributed by atoms with Gasteiger partial charge in [0.15, 0.2) is 13.6 Å². The van der Waals surface area contributed by atoms with Crippen molar-refractivity contribution in [2.45, 2.75) is 121 Å². The Balaban J connectivity index is 0.992. The Morgan fingerprint density at radius 1 is 0.525 bits per heavy atom. The fourth-order valence-electron chi connectivity index (χ4n) is 15.3. The fourth-order valence-corrected chi connectivity index (χ4v) is 20.9. The van der Waals surface area contributed by atoms with Crippen molar-refractivity contribution in [3.63, 3.8) is 0 Å². The zero-order valence-corrected chi connectivity index (χ0v) is 39.5. The van der Waals surface area contributed by atoms with Gasteiger partial charge in [-0.3, -0.25) is 0 Å². The van der Waals surface area contributed by atoms with Crippen LogP contribution in [-0.4, -0.2) is 40.1 Å². The smallest absolute Gasteiger partial charge is 0.188 e. The molecule has 0 heterocycles. The molecule has 61 heavy (non-hydrogen) atoms. The summed E-state index contributed by atoms with van der Waals surface area (Å²) in [6.45, 7) is 7.85. The third kappa shape index (κ3) is 8.52. The molecule has 0 aliphatic heterocycles. The minimum absolute atomic E-state index is 0.214. The third-order valence-corrected chi connectivity index (χ3v) is 21.8. The summed E-state index contributed by atoms with van der Waals surface area (Å²) in [6.07, 6.45) is 20.9. The first-order chi connectivity index (χ1) is 29.6. The zero-order chi connectivity index (χ0) is 41.8. The van der Waals surface area contributed by atoms with E-state index in [4.69, 9.17) is 18.9 Å². The van der Waals surface area contributed by atoms with Crippen molar-refractivity contribution in [3.8, 4) is 11.5 Å². The summed E-state index contributed by atoms with van der Waals surface area (Å²) >= 11 is 0. The average Bonchev–Trinajstić information content (AvgIpc) is 3.23. The number of hydrogen-bond donors (Lipinski definition) is 0. The van der Waals surface area contributed by atoms with Gasteiger partial charge in [-0.05, 0) is 165 Å². The van der Waals surface area contributed by atoms with E-state index in [0.717, 1.165) is 53.4 Å². The summed E-state index contributed by atoms with van der Waals surface area (Å²) in [7, 11) is 2.48. The van der Waals surface area contributed by atoms with Gasteiger partial charge in [0.1, 0.15) is 11.5 Å². The molecule has 8 fully saturated rings. The SMILES string of the molecule is COCOc1c(C[P@](CC[P@](Cc2cc(C)cc(C34CC5CC(CC(C)(C5)C3)C4)c2OCOC)c2ccccc2)c2ccccc2)cc(C)cc1C12CC3CC(CC(C3)C1)C2. The van der Waals surface area contributed by atoms with Crippen LogP contribution in [0.1, 0.15) is 117 Å². The van der Waals surface area contributed by atoms with Gasteiger partial charge in [0.25, 0.3) is 0 Å². The quantitative estimate of drug-likeness (QED) is 0.0783. The van der Waals surface area contributed by atoms with E-state index in [0.29, 0.717) is 19.0 Å². The van der Waals surface area contributed by atoms with Crippen molar-refractivity contribution < 1.29 is 18.9 Å². The lowest BCUT2D eigenvalue weighted by Gasteiger charge is -2.61. The molecule has 0 spiro atoms. The van der Waals surface area contributed by atoms with Crippen LogP contribution >= 0.6 is 15.8 Å². The molecule has 0 N–H and O–H groups in total. The van der Waals surface area contributed by atoms with E-state index in [1.807, 2.05) is 0 Å². The normalized spacial score (nSPS) is 31.7. The second-order valence-electron chi connectivity index (χ2n) is 21.5. The molecule has 8 aliphatic rings. The molecule has 0 saturated heterocycles. The van der Waals surface area contributed by atoms with Crippen molar-refractivity contribution in [3.05, 3.63) is 118 Å². The van der Waals surface area contributed by atoms with E-state index in [1.54, 1.807) is 14.2 Å². The number of benzene rings is 4. The molecular weight excluding hydrogens is 787 g/mol. The Morgan fingerprint density at radius 2 is 0.934 bits per heavy atom. The lowest BCUT2D eigenvalue weighted by molar-refractivity contribution is -0.0631. The molecule has 324 valence electrons. The van der Waals surface area contributed by atoms with E-state index in [1.165, 1.54) is 133 Å². The lowest BCUT2D eigenvalue weighted by Crippen LogP contribution is -2.53. The van der Waals surface area contributed by atoms with Crippen LogP contribution in [0.25, 0.3) is 0 Å². The highest BCUT2D eigenvalue weighted by molar-refractivity contribution is 7.68. The van der Waals surface area contributed by atoms with Gasteiger partial charge in [-0.25, -0.2) is 0 Å².